The zero-order valence-corrected chi connectivity index (χ0v) is 16.6. The summed E-state index contributed by atoms with van der Waals surface area (Å²) in [4.78, 5) is 10.6. The highest BCUT2D eigenvalue weighted by molar-refractivity contribution is 7.89. The van der Waals surface area contributed by atoms with Crippen LogP contribution in [0.1, 0.15) is 36.7 Å². The third kappa shape index (κ3) is 3.89. The fraction of sp³-hybridized carbons (Fsp3) is 0.500. The van der Waals surface area contributed by atoms with Gasteiger partial charge in [0, 0.05) is 25.2 Å². The third-order valence-electron chi connectivity index (χ3n) is 5.14. The van der Waals surface area contributed by atoms with Gasteiger partial charge in [-0.25, -0.2) is 8.42 Å². The van der Waals surface area contributed by atoms with Crippen molar-refractivity contribution < 1.29 is 13.3 Å². The molecular formula is C18H24N4O4S. The van der Waals surface area contributed by atoms with Gasteiger partial charge in [-0.05, 0) is 38.2 Å². The highest BCUT2D eigenvalue weighted by Gasteiger charge is 2.32. The molecule has 0 atom stereocenters. The monoisotopic (exact) mass is 392 g/mol. The smallest absolute Gasteiger partial charge is 0.264 e. The second kappa shape index (κ2) is 7.40. The first-order chi connectivity index (χ1) is 12.7. The Bertz CT molecular complexity index is 942. The standard InChI is InChI=1S/C18H24N4O4S/c1-13-8-10-20(11-9-13)27(25,26)18-14(2)19-21(15(18)3)12-16-4-6-17(7-5-16)22(23)24/h4-7,13H,8-12H2,1-3H3. The van der Waals surface area contributed by atoms with Gasteiger partial charge < -0.3 is 0 Å². The number of benzene rings is 1. The van der Waals surface area contributed by atoms with Crippen LogP contribution in [0.15, 0.2) is 29.2 Å². The van der Waals surface area contributed by atoms with Crippen LogP contribution in [0.3, 0.4) is 0 Å². The number of sulfonamides is 1. The largest absolute Gasteiger partial charge is 0.269 e. The van der Waals surface area contributed by atoms with Crippen LogP contribution in [-0.4, -0.2) is 40.5 Å². The molecule has 1 aromatic heterocycles. The van der Waals surface area contributed by atoms with E-state index in [1.807, 2.05) is 0 Å². The molecule has 9 heteroatoms. The Morgan fingerprint density at radius 2 is 1.78 bits per heavy atom. The number of hydrogen-bond donors (Lipinski definition) is 0. The molecule has 0 N–H and O–H groups in total. The molecule has 8 nitrogen and oxygen atoms in total. The molecule has 2 heterocycles. The number of aromatic nitrogens is 2. The average Bonchev–Trinajstić information content (AvgIpc) is 2.90. The molecule has 27 heavy (non-hydrogen) atoms. The summed E-state index contributed by atoms with van der Waals surface area (Å²) in [5.74, 6) is 0.545. The highest BCUT2D eigenvalue weighted by atomic mass is 32.2. The van der Waals surface area contributed by atoms with Gasteiger partial charge in [-0.3, -0.25) is 14.8 Å². The summed E-state index contributed by atoms with van der Waals surface area (Å²) >= 11 is 0. The third-order valence-corrected chi connectivity index (χ3v) is 7.29. The zero-order valence-electron chi connectivity index (χ0n) is 15.8. The predicted octanol–water partition coefficient (Wildman–Crippen LogP) is 2.88. The Labute approximate surface area is 159 Å². The van der Waals surface area contributed by atoms with Crippen LogP contribution in [0, 0.1) is 29.9 Å². The molecule has 0 bridgehead atoms. The van der Waals surface area contributed by atoms with Crippen molar-refractivity contribution in [3.05, 3.63) is 51.3 Å². The van der Waals surface area contributed by atoms with E-state index in [0.29, 0.717) is 36.9 Å². The molecule has 3 rings (SSSR count). The lowest BCUT2D eigenvalue weighted by Gasteiger charge is -2.29. The van der Waals surface area contributed by atoms with Gasteiger partial charge in [-0.2, -0.15) is 9.40 Å². The molecule has 1 aliphatic rings. The van der Waals surface area contributed by atoms with Crippen LogP contribution in [0.4, 0.5) is 5.69 Å². The van der Waals surface area contributed by atoms with E-state index in [2.05, 4.69) is 12.0 Å². The molecular weight excluding hydrogens is 368 g/mol. The lowest BCUT2D eigenvalue weighted by atomic mass is 10.0. The number of rotatable bonds is 5. The number of non-ortho nitro benzene ring substituents is 1. The van der Waals surface area contributed by atoms with E-state index < -0.39 is 14.9 Å². The molecule has 0 aliphatic carbocycles. The van der Waals surface area contributed by atoms with E-state index in [4.69, 9.17) is 0 Å². The summed E-state index contributed by atoms with van der Waals surface area (Å²) in [5, 5.41) is 15.2. The first kappa shape index (κ1) is 19.5. The molecule has 0 radical (unpaired) electrons. The molecule has 2 aromatic rings. The van der Waals surface area contributed by atoms with Crippen molar-refractivity contribution in [2.24, 2.45) is 5.92 Å². The van der Waals surface area contributed by atoms with Crippen molar-refractivity contribution in [3.8, 4) is 0 Å². The zero-order chi connectivity index (χ0) is 19.8. The minimum absolute atomic E-state index is 0.0229. The van der Waals surface area contributed by atoms with Crippen molar-refractivity contribution >= 4 is 15.7 Å². The highest BCUT2D eigenvalue weighted by Crippen LogP contribution is 2.28. The molecule has 1 fully saturated rings. The quantitative estimate of drug-likeness (QED) is 0.575. The SMILES string of the molecule is Cc1nn(Cc2ccc([N+](=O)[O-])cc2)c(C)c1S(=O)(=O)N1CCC(C)CC1. The van der Waals surface area contributed by atoms with Crippen molar-refractivity contribution in [2.75, 3.05) is 13.1 Å². The predicted molar refractivity (Wildman–Crippen MR) is 101 cm³/mol. The first-order valence-corrected chi connectivity index (χ1v) is 10.4. The molecule has 1 aliphatic heterocycles. The Morgan fingerprint density at radius 3 is 2.33 bits per heavy atom. The molecule has 146 valence electrons. The summed E-state index contributed by atoms with van der Waals surface area (Å²) in [6.07, 6.45) is 1.74. The summed E-state index contributed by atoms with van der Waals surface area (Å²) in [7, 11) is -3.58. The normalized spacial score (nSPS) is 16.6. The first-order valence-electron chi connectivity index (χ1n) is 8.97. The Balaban J connectivity index is 1.87. The maximum Gasteiger partial charge on any atom is 0.269 e. The number of nitrogens with zero attached hydrogens (tertiary/aromatic N) is 4. The number of piperidine rings is 1. The average molecular weight is 392 g/mol. The fourth-order valence-corrected chi connectivity index (χ4v) is 5.30. The van der Waals surface area contributed by atoms with Gasteiger partial charge in [0.1, 0.15) is 4.90 Å². The lowest BCUT2D eigenvalue weighted by molar-refractivity contribution is -0.384. The van der Waals surface area contributed by atoms with Crippen molar-refractivity contribution in [2.45, 2.75) is 45.1 Å². The minimum Gasteiger partial charge on any atom is -0.264 e. The van der Waals surface area contributed by atoms with E-state index in [-0.39, 0.29) is 10.6 Å². The summed E-state index contributed by atoms with van der Waals surface area (Å²) < 4.78 is 29.4. The van der Waals surface area contributed by atoms with Gasteiger partial charge in [0.25, 0.3) is 5.69 Å². The molecule has 0 amide bonds. The van der Waals surface area contributed by atoms with Gasteiger partial charge in [0.2, 0.25) is 10.0 Å². The van der Waals surface area contributed by atoms with Crippen LogP contribution in [0.2, 0.25) is 0 Å². The van der Waals surface area contributed by atoms with Crippen LogP contribution in [0.25, 0.3) is 0 Å². The van der Waals surface area contributed by atoms with Crippen LogP contribution in [0.5, 0.6) is 0 Å². The van der Waals surface area contributed by atoms with Crippen molar-refractivity contribution in [3.63, 3.8) is 0 Å². The van der Waals surface area contributed by atoms with Crippen molar-refractivity contribution in [1.29, 1.82) is 0 Å². The summed E-state index contributed by atoms with van der Waals surface area (Å²) in [6.45, 7) is 7.04. The molecule has 0 saturated carbocycles. The van der Waals surface area contributed by atoms with E-state index in [9.17, 15) is 18.5 Å². The summed E-state index contributed by atoms with van der Waals surface area (Å²) in [6, 6.07) is 6.20. The number of nitro benzene ring substituents is 1. The van der Waals surface area contributed by atoms with Crippen LogP contribution in [-0.2, 0) is 16.6 Å². The van der Waals surface area contributed by atoms with E-state index in [0.717, 1.165) is 18.4 Å². The summed E-state index contributed by atoms with van der Waals surface area (Å²) in [5.41, 5.74) is 1.91. The Kier molecular flexibility index (Phi) is 5.34. The van der Waals surface area contributed by atoms with Gasteiger partial charge in [-0.1, -0.05) is 19.1 Å². The molecule has 0 spiro atoms. The van der Waals surface area contributed by atoms with E-state index in [1.54, 1.807) is 35.0 Å². The molecule has 1 saturated heterocycles. The van der Waals surface area contributed by atoms with E-state index in [1.165, 1.54) is 12.1 Å². The van der Waals surface area contributed by atoms with Gasteiger partial charge >= 0.3 is 0 Å². The van der Waals surface area contributed by atoms with Crippen LogP contribution >= 0.6 is 0 Å². The Hall–Kier alpha value is -2.26. The number of aryl methyl sites for hydroxylation is 1. The molecule has 0 unspecified atom stereocenters. The second-order valence-corrected chi connectivity index (χ2v) is 9.04. The van der Waals surface area contributed by atoms with Gasteiger partial charge in [-0.15, -0.1) is 0 Å². The van der Waals surface area contributed by atoms with Crippen molar-refractivity contribution in [1.82, 2.24) is 14.1 Å². The number of hydrogen-bond acceptors (Lipinski definition) is 5. The number of nitro groups is 1. The maximum absolute atomic E-state index is 13.1. The minimum atomic E-state index is -3.58. The van der Waals surface area contributed by atoms with Crippen LogP contribution < -0.4 is 0 Å². The maximum atomic E-state index is 13.1. The second-order valence-electron chi connectivity index (χ2n) is 7.17. The fourth-order valence-electron chi connectivity index (χ4n) is 3.46. The van der Waals surface area contributed by atoms with Gasteiger partial charge in [0.05, 0.1) is 22.9 Å². The Morgan fingerprint density at radius 1 is 1.19 bits per heavy atom. The molecule has 1 aromatic carbocycles. The topological polar surface area (TPSA) is 98.3 Å². The van der Waals surface area contributed by atoms with Gasteiger partial charge in [0.15, 0.2) is 0 Å². The van der Waals surface area contributed by atoms with E-state index >= 15 is 0 Å². The lowest BCUT2D eigenvalue weighted by Crippen LogP contribution is -2.38.